The lowest BCUT2D eigenvalue weighted by Crippen LogP contribution is -2.29. The van der Waals surface area contributed by atoms with Crippen LogP contribution in [0.3, 0.4) is 0 Å². The molecule has 1 heterocycles. The molecule has 0 unspecified atom stereocenters. The molecular weight excluding hydrogens is 224 g/mol. The Hall–Kier alpha value is -2.15. The van der Waals surface area contributed by atoms with Crippen LogP contribution in [0.4, 0.5) is 0 Å². The lowest BCUT2D eigenvalue weighted by Gasteiger charge is -1.99. The van der Waals surface area contributed by atoms with Gasteiger partial charge in [0.05, 0.1) is 5.56 Å². The summed E-state index contributed by atoms with van der Waals surface area (Å²) >= 11 is 0. The largest absolute Gasteiger partial charge is 0.351 e. The van der Waals surface area contributed by atoms with E-state index < -0.39 is 11.2 Å². The van der Waals surface area contributed by atoms with Crippen LogP contribution in [0.2, 0.25) is 0 Å². The number of hydrogen-bond donors (Lipinski definition) is 3. The molecule has 7 nitrogen and oxygen atoms in total. The smallest absolute Gasteiger partial charge is 0.328 e. The van der Waals surface area contributed by atoms with Crippen molar-refractivity contribution in [3.63, 3.8) is 0 Å². The molecule has 4 N–H and O–H groups in total. The zero-order valence-electron chi connectivity index (χ0n) is 9.40. The molecule has 0 spiro atoms. The molecule has 1 aromatic rings. The van der Waals surface area contributed by atoms with Gasteiger partial charge in [0.1, 0.15) is 0 Å². The van der Waals surface area contributed by atoms with Gasteiger partial charge < -0.3 is 15.6 Å². The lowest BCUT2D eigenvalue weighted by atomic mass is 10.3. The molecule has 0 saturated carbocycles. The van der Waals surface area contributed by atoms with E-state index in [2.05, 4.69) is 10.3 Å². The Bertz CT molecular complexity index is 541. The number of H-pyrrole nitrogens is 1. The highest BCUT2D eigenvalue weighted by Gasteiger charge is 1.99. The van der Waals surface area contributed by atoms with Crippen LogP contribution in [0.1, 0.15) is 5.56 Å². The fourth-order valence-corrected chi connectivity index (χ4v) is 1.12. The van der Waals surface area contributed by atoms with Gasteiger partial charge in [-0.25, -0.2) is 4.79 Å². The van der Waals surface area contributed by atoms with E-state index in [-0.39, 0.29) is 11.5 Å². The zero-order valence-corrected chi connectivity index (χ0v) is 9.40. The summed E-state index contributed by atoms with van der Waals surface area (Å²) in [7, 11) is 1.50. The van der Waals surface area contributed by atoms with E-state index in [0.717, 1.165) is 0 Å². The number of carbonyl (C=O) groups excluding carboxylic acids is 1. The van der Waals surface area contributed by atoms with Crippen molar-refractivity contribution in [3.8, 4) is 0 Å². The third-order valence-electron chi connectivity index (χ3n) is 1.99. The lowest BCUT2D eigenvalue weighted by molar-refractivity contribution is -0.116. The van der Waals surface area contributed by atoms with Gasteiger partial charge >= 0.3 is 5.69 Å². The summed E-state index contributed by atoms with van der Waals surface area (Å²) in [6, 6.07) is 0. The van der Waals surface area contributed by atoms with Gasteiger partial charge in [0.15, 0.2) is 0 Å². The Kier molecular flexibility index (Phi) is 4.41. The van der Waals surface area contributed by atoms with Gasteiger partial charge in [-0.05, 0) is 6.08 Å². The van der Waals surface area contributed by atoms with Crippen LogP contribution in [0.25, 0.3) is 6.08 Å². The summed E-state index contributed by atoms with van der Waals surface area (Å²) in [5.41, 5.74) is 4.41. The molecule has 1 amide bonds. The Morgan fingerprint density at radius 3 is 2.94 bits per heavy atom. The molecule has 0 saturated heterocycles. The van der Waals surface area contributed by atoms with Crippen LogP contribution >= 0.6 is 0 Å². The minimum absolute atomic E-state index is 0.231. The number of nitrogens with one attached hydrogen (secondary N) is 2. The number of aromatic amines is 1. The molecule has 0 aliphatic heterocycles. The van der Waals surface area contributed by atoms with E-state index in [0.29, 0.717) is 13.1 Å². The Morgan fingerprint density at radius 2 is 2.29 bits per heavy atom. The fraction of sp³-hybridized carbons (Fsp3) is 0.300. The molecular formula is C10H14N4O3. The molecule has 0 fully saturated rings. The monoisotopic (exact) mass is 238 g/mol. The number of nitrogens with zero attached hydrogens (tertiary/aromatic N) is 1. The van der Waals surface area contributed by atoms with Crippen LogP contribution in [0.15, 0.2) is 21.9 Å². The van der Waals surface area contributed by atoms with Crippen LogP contribution in [0, 0.1) is 0 Å². The molecule has 1 rings (SSSR count). The molecule has 0 aliphatic carbocycles. The number of nitrogens with two attached hydrogens (primary N) is 1. The highest BCUT2D eigenvalue weighted by Crippen LogP contribution is 1.90. The quantitative estimate of drug-likeness (QED) is 0.535. The normalized spacial score (nSPS) is 10.7. The number of hydrogen-bond acceptors (Lipinski definition) is 4. The van der Waals surface area contributed by atoms with E-state index in [4.69, 9.17) is 5.73 Å². The van der Waals surface area contributed by atoms with Crippen molar-refractivity contribution in [2.45, 2.75) is 0 Å². The minimum Gasteiger partial charge on any atom is -0.351 e. The summed E-state index contributed by atoms with van der Waals surface area (Å²) in [5.74, 6) is -0.344. The van der Waals surface area contributed by atoms with Gasteiger partial charge in [-0.3, -0.25) is 14.6 Å². The van der Waals surface area contributed by atoms with E-state index >= 15 is 0 Å². The predicted molar refractivity (Wildman–Crippen MR) is 63.4 cm³/mol. The summed E-state index contributed by atoms with van der Waals surface area (Å²) in [5, 5.41) is 2.52. The number of rotatable bonds is 4. The SMILES string of the molecule is Cn1cc(/C=C/C(=O)NCCN)c(=O)[nH]c1=O. The first-order valence-corrected chi connectivity index (χ1v) is 5.00. The second-order valence-electron chi connectivity index (χ2n) is 3.37. The first-order chi connectivity index (χ1) is 8.04. The van der Waals surface area contributed by atoms with Crippen molar-refractivity contribution < 1.29 is 4.79 Å². The highest BCUT2D eigenvalue weighted by molar-refractivity contribution is 5.91. The molecule has 0 aromatic carbocycles. The summed E-state index contributed by atoms with van der Waals surface area (Å²) < 4.78 is 1.22. The van der Waals surface area contributed by atoms with Crippen molar-refractivity contribution in [2.75, 3.05) is 13.1 Å². The number of aryl methyl sites for hydroxylation is 1. The third-order valence-corrected chi connectivity index (χ3v) is 1.99. The number of aromatic nitrogens is 2. The van der Waals surface area contributed by atoms with Gasteiger partial charge in [0.25, 0.3) is 5.56 Å². The maximum absolute atomic E-state index is 11.3. The average Bonchev–Trinajstić information content (AvgIpc) is 2.29. The number of carbonyl (C=O) groups is 1. The van der Waals surface area contributed by atoms with Gasteiger partial charge in [-0.15, -0.1) is 0 Å². The van der Waals surface area contributed by atoms with Gasteiger partial charge in [0.2, 0.25) is 5.91 Å². The minimum atomic E-state index is -0.532. The second kappa shape index (κ2) is 5.80. The zero-order chi connectivity index (χ0) is 12.8. The highest BCUT2D eigenvalue weighted by atomic mass is 16.2. The molecule has 7 heteroatoms. The molecule has 0 radical (unpaired) electrons. The molecule has 1 aromatic heterocycles. The molecule has 92 valence electrons. The van der Waals surface area contributed by atoms with Crippen LogP contribution in [0.5, 0.6) is 0 Å². The Labute approximate surface area is 97.0 Å². The van der Waals surface area contributed by atoms with E-state index in [9.17, 15) is 14.4 Å². The maximum atomic E-state index is 11.3. The van der Waals surface area contributed by atoms with Gasteiger partial charge in [-0.1, -0.05) is 0 Å². The second-order valence-corrected chi connectivity index (χ2v) is 3.37. The van der Waals surface area contributed by atoms with E-state index in [1.54, 1.807) is 0 Å². The van der Waals surface area contributed by atoms with Crippen molar-refractivity contribution in [2.24, 2.45) is 12.8 Å². The van der Waals surface area contributed by atoms with Gasteiger partial charge in [-0.2, -0.15) is 0 Å². The van der Waals surface area contributed by atoms with Crippen molar-refractivity contribution in [1.29, 1.82) is 0 Å². The summed E-state index contributed by atoms with van der Waals surface area (Å²) in [4.78, 5) is 35.7. The van der Waals surface area contributed by atoms with Crippen molar-refractivity contribution in [3.05, 3.63) is 38.7 Å². The first kappa shape index (κ1) is 12.9. The average molecular weight is 238 g/mol. The van der Waals surface area contributed by atoms with Crippen molar-refractivity contribution >= 4 is 12.0 Å². The molecule has 0 bridgehead atoms. The topological polar surface area (TPSA) is 110 Å². The van der Waals surface area contributed by atoms with E-state index in [1.807, 2.05) is 0 Å². The predicted octanol–water partition coefficient (Wildman–Crippen LogP) is -1.84. The third kappa shape index (κ3) is 3.72. The fourth-order valence-electron chi connectivity index (χ4n) is 1.12. The Balaban J connectivity index is 2.85. The maximum Gasteiger partial charge on any atom is 0.328 e. The Morgan fingerprint density at radius 1 is 1.59 bits per heavy atom. The summed E-state index contributed by atoms with van der Waals surface area (Å²) in [6.45, 7) is 0.715. The van der Waals surface area contributed by atoms with Crippen LogP contribution < -0.4 is 22.3 Å². The first-order valence-electron chi connectivity index (χ1n) is 5.00. The van der Waals surface area contributed by atoms with Gasteiger partial charge in [0, 0.05) is 32.4 Å². The molecule has 17 heavy (non-hydrogen) atoms. The number of amides is 1. The summed E-state index contributed by atoms with van der Waals surface area (Å²) in [6.07, 6.45) is 3.91. The van der Waals surface area contributed by atoms with Crippen LogP contribution in [-0.4, -0.2) is 28.5 Å². The molecule has 0 aliphatic rings. The standard InChI is InChI=1S/C10H14N4O3/c1-14-6-7(9(16)13-10(14)17)2-3-8(15)12-5-4-11/h2-3,6H,4-5,11H2,1H3,(H,12,15)(H,13,16,17)/b3-2+. The van der Waals surface area contributed by atoms with Crippen LogP contribution in [-0.2, 0) is 11.8 Å². The molecule has 0 atom stereocenters. The van der Waals surface area contributed by atoms with E-state index in [1.165, 1.54) is 30.0 Å². The van der Waals surface area contributed by atoms with Crippen molar-refractivity contribution in [1.82, 2.24) is 14.9 Å².